The van der Waals surface area contributed by atoms with Crippen LogP contribution in [0.2, 0.25) is 0 Å². The van der Waals surface area contributed by atoms with Gasteiger partial charge in [-0.25, -0.2) is 0 Å². The molecular formula is C18H29N. The molecule has 0 saturated heterocycles. The Kier molecular flexibility index (Phi) is 4.35. The van der Waals surface area contributed by atoms with Gasteiger partial charge < -0.3 is 5.73 Å². The van der Waals surface area contributed by atoms with Crippen molar-refractivity contribution in [1.29, 1.82) is 0 Å². The highest BCUT2D eigenvalue weighted by atomic mass is 14.7. The predicted octanol–water partition coefficient (Wildman–Crippen LogP) is 4.45. The summed E-state index contributed by atoms with van der Waals surface area (Å²) in [7, 11) is 0. The SMILES string of the molecule is CCC1CCCC(N)(Cc2c(C)cc(C)cc2C)C1. The van der Waals surface area contributed by atoms with Crippen molar-refractivity contribution < 1.29 is 0 Å². The first-order valence-electron chi connectivity index (χ1n) is 7.79. The van der Waals surface area contributed by atoms with Crippen LogP contribution in [-0.4, -0.2) is 5.54 Å². The van der Waals surface area contributed by atoms with Crippen molar-refractivity contribution in [2.75, 3.05) is 0 Å². The molecule has 0 spiro atoms. The molecule has 0 amide bonds. The fourth-order valence-electron chi connectivity index (χ4n) is 3.87. The molecule has 1 fully saturated rings. The molecule has 1 aromatic carbocycles. The molecule has 1 heteroatoms. The highest BCUT2D eigenvalue weighted by molar-refractivity contribution is 5.38. The van der Waals surface area contributed by atoms with Crippen LogP contribution in [0.5, 0.6) is 0 Å². The Morgan fingerprint density at radius 1 is 1.21 bits per heavy atom. The monoisotopic (exact) mass is 259 g/mol. The minimum absolute atomic E-state index is 0.0315. The van der Waals surface area contributed by atoms with Crippen molar-refractivity contribution in [1.82, 2.24) is 0 Å². The summed E-state index contributed by atoms with van der Waals surface area (Å²) in [5.41, 5.74) is 12.5. The quantitative estimate of drug-likeness (QED) is 0.852. The van der Waals surface area contributed by atoms with E-state index in [0.29, 0.717) is 0 Å². The number of aryl methyl sites for hydroxylation is 3. The van der Waals surface area contributed by atoms with Crippen LogP contribution in [0.4, 0.5) is 0 Å². The molecule has 0 heterocycles. The molecule has 1 nitrogen and oxygen atoms in total. The lowest BCUT2D eigenvalue weighted by atomic mass is 9.71. The maximum atomic E-state index is 6.73. The van der Waals surface area contributed by atoms with E-state index in [4.69, 9.17) is 5.73 Å². The van der Waals surface area contributed by atoms with Gasteiger partial charge in [0.1, 0.15) is 0 Å². The average Bonchev–Trinajstić information content (AvgIpc) is 2.34. The molecule has 2 atom stereocenters. The first-order valence-corrected chi connectivity index (χ1v) is 7.79. The van der Waals surface area contributed by atoms with E-state index >= 15 is 0 Å². The minimum atomic E-state index is 0.0315. The summed E-state index contributed by atoms with van der Waals surface area (Å²) >= 11 is 0. The highest BCUT2D eigenvalue weighted by Crippen LogP contribution is 2.35. The van der Waals surface area contributed by atoms with Crippen LogP contribution < -0.4 is 5.73 Å². The van der Waals surface area contributed by atoms with Crippen LogP contribution in [0.25, 0.3) is 0 Å². The molecule has 2 rings (SSSR count). The molecule has 0 radical (unpaired) electrons. The first-order chi connectivity index (χ1) is 8.93. The summed E-state index contributed by atoms with van der Waals surface area (Å²) in [6, 6.07) is 4.59. The van der Waals surface area contributed by atoms with Gasteiger partial charge in [0.2, 0.25) is 0 Å². The Morgan fingerprint density at radius 3 is 2.42 bits per heavy atom. The first kappa shape index (κ1) is 14.6. The molecule has 2 unspecified atom stereocenters. The topological polar surface area (TPSA) is 26.0 Å². The second-order valence-corrected chi connectivity index (χ2v) is 6.79. The zero-order valence-corrected chi connectivity index (χ0v) is 13.1. The summed E-state index contributed by atoms with van der Waals surface area (Å²) in [5, 5.41) is 0. The van der Waals surface area contributed by atoms with E-state index in [1.165, 1.54) is 54.4 Å². The molecule has 1 saturated carbocycles. The zero-order valence-electron chi connectivity index (χ0n) is 13.1. The summed E-state index contributed by atoms with van der Waals surface area (Å²) in [6.45, 7) is 8.95. The van der Waals surface area contributed by atoms with E-state index in [9.17, 15) is 0 Å². The van der Waals surface area contributed by atoms with Gasteiger partial charge in [-0.3, -0.25) is 0 Å². The van der Waals surface area contributed by atoms with Gasteiger partial charge in [0.25, 0.3) is 0 Å². The van der Waals surface area contributed by atoms with Crippen LogP contribution in [0.1, 0.15) is 61.3 Å². The largest absolute Gasteiger partial charge is 0.325 e. The summed E-state index contributed by atoms with van der Waals surface area (Å²) < 4.78 is 0. The summed E-state index contributed by atoms with van der Waals surface area (Å²) in [6.07, 6.45) is 7.42. The number of nitrogens with two attached hydrogens (primary N) is 1. The second-order valence-electron chi connectivity index (χ2n) is 6.79. The van der Waals surface area contributed by atoms with E-state index in [1.54, 1.807) is 0 Å². The van der Waals surface area contributed by atoms with Crippen LogP contribution in [0, 0.1) is 26.7 Å². The number of hydrogen-bond acceptors (Lipinski definition) is 1. The third kappa shape index (κ3) is 3.39. The van der Waals surface area contributed by atoms with Gasteiger partial charge in [-0.2, -0.15) is 0 Å². The molecule has 1 aliphatic carbocycles. The van der Waals surface area contributed by atoms with Gasteiger partial charge >= 0.3 is 0 Å². The molecule has 0 aliphatic heterocycles. The van der Waals surface area contributed by atoms with Crippen molar-refractivity contribution in [3.63, 3.8) is 0 Å². The molecule has 2 N–H and O–H groups in total. The summed E-state index contributed by atoms with van der Waals surface area (Å²) in [4.78, 5) is 0. The molecule has 19 heavy (non-hydrogen) atoms. The van der Waals surface area contributed by atoms with Crippen molar-refractivity contribution in [2.45, 2.75) is 71.8 Å². The van der Waals surface area contributed by atoms with E-state index in [0.717, 1.165) is 12.3 Å². The van der Waals surface area contributed by atoms with Gasteiger partial charge in [0, 0.05) is 5.54 Å². The maximum Gasteiger partial charge on any atom is 0.0197 e. The third-order valence-corrected chi connectivity index (χ3v) is 4.93. The van der Waals surface area contributed by atoms with Gasteiger partial charge in [-0.1, -0.05) is 43.9 Å². The van der Waals surface area contributed by atoms with Crippen LogP contribution in [0.3, 0.4) is 0 Å². The number of benzene rings is 1. The molecule has 1 aliphatic rings. The van der Waals surface area contributed by atoms with E-state index in [2.05, 4.69) is 39.8 Å². The molecular weight excluding hydrogens is 230 g/mol. The van der Waals surface area contributed by atoms with Crippen LogP contribution >= 0.6 is 0 Å². The smallest absolute Gasteiger partial charge is 0.0197 e. The van der Waals surface area contributed by atoms with Crippen molar-refractivity contribution >= 4 is 0 Å². The standard InChI is InChI=1S/C18H29N/c1-5-16-7-6-8-18(19,11-16)12-17-14(3)9-13(2)10-15(17)4/h9-10,16H,5-8,11-12,19H2,1-4H3. The zero-order chi connectivity index (χ0) is 14.0. The Bertz CT molecular complexity index is 426. The lowest BCUT2D eigenvalue weighted by Gasteiger charge is -2.38. The highest BCUT2D eigenvalue weighted by Gasteiger charge is 2.32. The lowest BCUT2D eigenvalue weighted by Crippen LogP contribution is -2.46. The van der Waals surface area contributed by atoms with E-state index < -0.39 is 0 Å². The average molecular weight is 259 g/mol. The maximum absolute atomic E-state index is 6.73. The Morgan fingerprint density at radius 2 is 1.84 bits per heavy atom. The number of rotatable bonds is 3. The molecule has 0 bridgehead atoms. The van der Waals surface area contributed by atoms with E-state index in [-0.39, 0.29) is 5.54 Å². The Balaban J connectivity index is 2.20. The predicted molar refractivity (Wildman–Crippen MR) is 83.5 cm³/mol. The Labute approximate surface area is 118 Å². The van der Waals surface area contributed by atoms with E-state index in [1.807, 2.05) is 0 Å². The van der Waals surface area contributed by atoms with Gasteiger partial charge in [-0.15, -0.1) is 0 Å². The van der Waals surface area contributed by atoms with Gasteiger partial charge in [0.05, 0.1) is 0 Å². The molecule has 1 aromatic rings. The van der Waals surface area contributed by atoms with Gasteiger partial charge in [-0.05, 0) is 62.6 Å². The van der Waals surface area contributed by atoms with Crippen molar-refractivity contribution in [2.24, 2.45) is 11.7 Å². The molecule has 106 valence electrons. The fourth-order valence-corrected chi connectivity index (χ4v) is 3.87. The second kappa shape index (κ2) is 5.66. The minimum Gasteiger partial charge on any atom is -0.325 e. The van der Waals surface area contributed by atoms with Gasteiger partial charge in [0.15, 0.2) is 0 Å². The Hall–Kier alpha value is -0.820. The third-order valence-electron chi connectivity index (χ3n) is 4.93. The summed E-state index contributed by atoms with van der Waals surface area (Å²) in [5.74, 6) is 0.838. The lowest BCUT2D eigenvalue weighted by molar-refractivity contribution is 0.218. The van der Waals surface area contributed by atoms with Crippen LogP contribution in [-0.2, 0) is 6.42 Å². The van der Waals surface area contributed by atoms with Crippen molar-refractivity contribution in [3.8, 4) is 0 Å². The van der Waals surface area contributed by atoms with Crippen LogP contribution in [0.15, 0.2) is 12.1 Å². The normalized spacial score (nSPS) is 27.5. The molecule has 0 aromatic heterocycles. The fraction of sp³-hybridized carbons (Fsp3) is 0.667. The van der Waals surface area contributed by atoms with Crippen molar-refractivity contribution in [3.05, 3.63) is 34.4 Å². The number of hydrogen-bond donors (Lipinski definition) is 1.